The predicted molar refractivity (Wildman–Crippen MR) is 334 cm³/mol. The van der Waals surface area contributed by atoms with Gasteiger partial charge in [0.05, 0.1) is 47.6 Å². The Hall–Kier alpha value is -9.12. The van der Waals surface area contributed by atoms with Crippen LogP contribution in [-0.4, -0.2) is 191 Å². The molecule has 3 aliphatic rings. The Balaban J connectivity index is 1.29. The molecule has 3 saturated heterocycles. The van der Waals surface area contributed by atoms with Crippen LogP contribution < -0.4 is 5.32 Å². The number of benzene rings is 6. The van der Waals surface area contributed by atoms with Gasteiger partial charge in [-0.2, -0.15) is 21.6 Å². The molecule has 530 valence electrons. The lowest BCUT2D eigenvalue weighted by molar-refractivity contribution is -0.356. The van der Waals surface area contributed by atoms with Gasteiger partial charge < -0.3 is 71.6 Å². The van der Waals surface area contributed by atoms with Crippen LogP contribution >= 0.6 is 34.8 Å². The van der Waals surface area contributed by atoms with Gasteiger partial charge >= 0.3 is 63.4 Å². The van der Waals surface area contributed by atoms with Crippen molar-refractivity contribution in [3.8, 4) is 0 Å². The number of hydrogen-bond acceptors (Lipinski definition) is 26. The van der Waals surface area contributed by atoms with Gasteiger partial charge in [0.2, 0.25) is 0 Å². The minimum atomic E-state index is -7.11. The monoisotopic (exact) mass is 1470 g/mol. The number of ether oxygens (including phenoxy) is 14. The number of methoxy groups -OCH3 is 3. The van der Waals surface area contributed by atoms with Crippen LogP contribution in [0.5, 0.6) is 0 Å². The molecule has 0 aliphatic carbocycles. The zero-order chi connectivity index (χ0) is 72.1. The number of amides is 1. The van der Waals surface area contributed by atoms with Crippen molar-refractivity contribution in [2.24, 2.45) is 0 Å². The van der Waals surface area contributed by atoms with Gasteiger partial charge in [-0.1, -0.05) is 144 Å². The minimum absolute atomic E-state index is 0.138. The standard InChI is InChI=1S/C66H57Cl3F3NO26S/c1-85-59(80)49-45(90-54(75)36-24-12-5-13-25-36)47(91-55(76)37-26-14-6-15-27-37)52(94-58(79)40-32-20-9-21-33-40)63(98-49)95-44-42(73-64(82)65(67,68)69)61(89-41(43(44)99-100(83,84)66(70,71)72)34-88-53(74)35-22-10-4-11-23-35)96-46-48(92-56(77)38-28-16-7-17-29-38)51(62(87-3)97-50(46)60(81)86-2)93-57(78)39-30-18-8-19-31-39/h4-33,41-52,61-63H,34H2,1-3H3,(H,73,82)/t41-,42-,43-,44-,45+,46+,47+,48+,49+,50+,51-,52-,61+,62-,63-/m1/s1. The molecular formula is C66H57Cl3F3NO26S. The topological polar surface area (TPSA) is 338 Å². The average Bonchev–Trinajstić information content (AvgIpc) is 0.753. The summed E-state index contributed by atoms with van der Waals surface area (Å²) in [5.41, 5.74) is -7.81. The zero-order valence-electron chi connectivity index (χ0n) is 52.0. The Labute approximate surface area is 581 Å². The molecule has 1 amide bonds. The zero-order valence-corrected chi connectivity index (χ0v) is 55.1. The molecule has 15 atom stereocenters. The number of nitrogens with one attached hydrogen (secondary N) is 1. The van der Waals surface area contributed by atoms with E-state index in [2.05, 4.69) is 5.32 Å². The fourth-order valence-corrected chi connectivity index (χ4v) is 11.1. The molecule has 6 aromatic rings. The molecule has 0 saturated carbocycles. The van der Waals surface area contributed by atoms with Crippen molar-refractivity contribution >= 4 is 98.6 Å². The first kappa shape index (κ1) is 75.1. The second-order valence-corrected chi connectivity index (χ2v) is 25.3. The highest BCUT2D eigenvalue weighted by Gasteiger charge is 2.63. The Bertz CT molecular complexity index is 3970. The fraction of sp³-hybridized carbons (Fsp3) is 0.318. The molecule has 1 N–H and O–H groups in total. The molecule has 3 fully saturated rings. The van der Waals surface area contributed by atoms with Crippen molar-refractivity contribution in [2.75, 3.05) is 27.9 Å². The molecule has 6 aromatic carbocycles. The quantitative estimate of drug-likeness (QED) is 0.0222. The number of hydrogen-bond donors (Lipinski definition) is 1. The number of halogens is 6. The third kappa shape index (κ3) is 18.3. The van der Waals surface area contributed by atoms with Crippen LogP contribution in [0, 0.1) is 0 Å². The van der Waals surface area contributed by atoms with Crippen molar-refractivity contribution in [2.45, 2.75) is 101 Å². The molecule has 100 heavy (non-hydrogen) atoms. The van der Waals surface area contributed by atoms with E-state index in [9.17, 15) is 51.6 Å². The van der Waals surface area contributed by atoms with Gasteiger partial charge in [-0.15, -0.1) is 0 Å². The lowest BCUT2D eigenvalue weighted by Gasteiger charge is -2.50. The molecule has 3 aliphatic heterocycles. The van der Waals surface area contributed by atoms with Gasteiger partial charge in [-0.05, 0) is 72.8 Å². The van der Waals surface area contributed by atoms with E-state index in [1.165, 1.54) is 176 Å². The van der Waals surface area contributed by atoms with E-state index in [4.69, 9.17) is 105 Å². The molecular weight excluding hydrogens is 1420 g/mol. The van der Waals surface area contributed by atoms with E-state index >= 15 is 13.2 Å². The maximum Gasteiger partial charge on any atom is 0.523 e. The number of rotatable bonds is 23. The van der Waals surface area contributed by atoms with Gasteiger partial charge in [-0.3, -0.25) is 8.98 Å². The molecule has 34 heteroatoms. The summed E-state index contributed by atoms with van der Waals surface area (Å²) in [5.74, 6) is -12.5. The molecule has 0 radical (unpaired) electrons. The lowest BCUT2D eigenvalue weighted by Crippen LogP contribution is -2.72. The van der Waals surface area contributed by atoms with E-state index in [0.29, 0.717) is 0 Å². The summed E-state index contributed by atoms with van der Waals surface area (Å²) in [7, 11) is -4.46. The van der Waals surface area contributed by atoms with E-state index in [1.807, 2.05) is 0 Å². The maximum absolute atomic E-state index is 15.1. The first-order chi connectivity index (χ1) is 47.7. The average molecular weight is 1480 g/mol. The van der Waals surface area contributed by atoms with Gasteiger partial charge in [-0.25, -0.2) is 38.4 Å². The van der Waals surface area contributed by atoms with Crippen LogP contribution in [0.1, 0.15) is 62.1 Å². The normalized spacial score (nSPS) is 25.3. The van der Waals surface area contributed by atoms with E-state index in [-0.39, 0.29) is 33.4 Å². The van der Waals surface area contributed by atoms with Gasteiger partial charge in [0, 0.05) is 7.11 Å². The molecule has 0 unspecified atom stereocenters. The number of carbonyl (C=O) groups excluding carboxylic acids is 9. The first-order valence-electron chi connectivity index (χ1n) is 29.6. The van der Waals surface area contributed by atoms with E-state index < -0.39 is 172 Å². The van der Waals surface area contributed by atoms with Crippen molar-refractivity contribution in [3.63, 3.8) is 0 Å². The molecule has 27 nitrogen and oxygen atoms in total. The molecule has 9 rings (SSSR count). The van der Waals surface area contributed by atoms with Gasteiger partial charge in [0.25, 0.3) is 9.70 Å². The first-order valence-corrected chi connectivity index (χ1v) is 32.1. The van der Waals surface area contributed by atoms with Crippen molar-refractivity contribution < 1.29 is 135 Å². The Kier molecular flexibility index (Phi) is 25.1. The number of alkyl halides is 6. The molecule has 3 heterocycles. The van der Waals surface area contributed by atoms with E-state index in [0.717, 1.165) is 21.3 Å². The van der Waals surface area contributed by atoms with Crippen molar-refractivity contribution in [3.05, 3.63) is 215 Å². The highest BCUT2D eigenvalue weighted by Crippen LogP contribution is 2.41. The summed E-state index contributed by atoms with van der Waals surface area (Å²) in [6.45, 7) is -1.47. The Morgan fingerprint density at radius 3 is 1.12 bits per heavy atom. The third-order valence-corrected chi connectivity index (χ3v) is 16.6. The number of esters is 8. The predicted octanol–water partition coefficient (Wildman–Crippen LogP) is 7.00. The molecule has 0 aromatic heterocycles. The second-order valence-electron chi connectivity index (χ2n) is 21.5. The fourth-order valence-electron chi connectivity index (χ4n) is 10.3. The number of carbonyl (C=O) groups is 9. The summed E-state index contributed by atoms with van der Waals surface area (Å²) in [6, 6.07) is 38.0. The summed E-state index contributed by atoms with van der Waals surface area (Å²) in [4.78, 5) is 129. The third-order valence-electron chi connectivity index (χ3n) is 15.0. The van der Waals surface area contributed by atoms with Crippen LogP contribution in [0.2, 0.25) is 0 Å². The van der Waals surface area contributed by atoms with E-state index in [1.54, 1.807) is 6.07 Å². The maximum atomic E-state index is 15.1. The second kappa shape index (κ2) is 33.4. The molecule has 0 bridgehead atoms. The van der Waals surface area contributed by atoms with Crippen LogP contribution in [0.4, 0.5) is 13.2 Å². The lowest BCUT2D eigenvalue weighted by atomic mass is 9.93. The summed E-state index contributed by atoms with van der Waals surface area (Å²) < 4.78 is 158. The molecule has 0 spiro atoms. The largest absolute Gasteiger partial charge is 0.523 e. The summed E-state index contributed by atoms with van der Waals surface area (Å²) >= 11 is 18.6. The smallest absolute Gasteiger partial charge is 0.467 e. The Morgan fingerprint density at radius 1 is 0.420 bits per heavy atom. The van der Waals surface area contributed by atoms with Crippen LogP contribution in [-0.2, 0) is 95.0 Å². The highest BCUT2D eigenvalue weighted by molar-refractivity contribution is 7.87. The SMILES string of the molecule is COC(=O)[C@H]1O[C@@H](O[C@@H]2[C@@H](NC(=O)C(Cl)(Cl)Cl)[C@H](O[C@H]3[C@H](OC(=O)c4ccccc4)[C@@H](OC(=O)c4ccccc4)[C@H](OC)O[C@@H]3C(=O)OC)O[C@H](COC(=O)c3ccccc3)[C@H]2OS(=O)(=O)C(F)(F)F)[C@H](OC(=O)c2ccccc2)[C@@H](OC(=O)c2ccccc2)[C@@H]1OC(=O)c1ccccc1. The summed E-state index contributed by atoms with van der Waals surface area (Å²) in [5, 5.41) is 2.11. The van der Waals surface area contributed by atoms with Crippen molar-refractivity contribution in [1.29, 1.82) is 0 Å². The summed E-state index contributed by atoms with van der Waals surface area (Å²) in [6.07, 6.45) is -35.4. The Morgan fingerprint density at radius 2 is 0.750 bits per heavy atom. The van der Waals surface area contributed by atoms with Crippen LogP contribution in [0.25, 0.3) is 0 Å². The van der Waals surface area contributed by atoms with Crippen molar-refractivity contribution in [1.82, 2.24) is 5.32 Å². The van der Waals surface area contributed by atoms with Gasteiger partial charge in [0.1, 0.15) is 37.1 Å². The highest BCUT2D eigenvalue weighted by atomic mass is 35.6. The van der Waals surface area contributed by atoms with Crippen LogP contribution in [0.15, 0.2) is 182 Å². The van der Waals surface area contributed by atoms with Crippen LogP contribution in [0.3, 0.4) is 0 Å². The minimum Gasteiger partial charge on any atom is -0.467 e. The van der Waals surface area contributed by atoms with Gasteiger partial charge in [0.15, 0.2) is 61.6 Å².